The Morgan fingerprint density at radius 1 is 1.29 bits per heavy atom. The van der Waals surface area contributed by atoms with E-state index in [0.717, 1.165) is 0 Å². The molecule has 7 heteroatoms. The second kappa shape index (κ2) is 6.07. The first-order valence-corrected chi connectivity index (χ1v) is 5.01. The van der Waals surface area contributed by atoms with E-state index in [0.29, 0.717) is 0 Å². The maximum Gasteiger partial charge on any atom is 0.187 e. The number of aliphatic hydroxyl groups excluding tert-OH is 4. The number of nitrogens with zero attached hydrogens (tertiary/aromatic N) is 1. The zero-order valence-corrected chi connectivity index (χ0v) is 9.06. The van der Waals surface area contributed by atoms with Crippen molar-refractivity contribution in [3.63, 3.8) is 0 Å². The van der Waals surface area contributed by atoms with Gasteiger partial charge in [-0.3, -0.25) is 0 Å². The number of hydrogen-bond donors (Lipinski definition) is 4. The molecule has 0 aromatic carbocycles. The summed E-state index contributed by atoms with van der Waals surface area (Å²) in [6.45, 7) is 2.68. The number of aliphatic hydroxyl groups is 4. The fraction of sp³-hybridized carbons (Fsp3) is 0.700. The summed E-state index contributed by atoms with van der Waals surface area (Å²) in [6, 6.07) is 1.75. The van der Waals surface area contributed by atoms with Crippen LogP contribution < -0.4 is 0 Å². The summed E-state index contributed by atoms with van der Waals surface area (Å²) in [7, 11) is 0. The third-order valence-electron chi connectivity index (χ3n) is 2.43. The van der Waals surface area contributed by atoms with E-state index in [1.807, 2.05) is 0 Å². The molecule has 0 radical (unpaired) electrons. The van der Waals surface area contributed by atoms with Gasteiger partial charge in [0, 0.05) is 5.57 Å². The van der Waals surface area contributed by atoms with Crippen molar-refractivity contribution < 1.29 is 29.9 Å². The average molecular weight is 245 g/mol. The van der Waals surface area contributed by atoms with Crippen molar-refractivity contribution in [1.82, 2.24) is 0 Å². The van der Waals surface area contributed by atoms with Crippen molar-refractivity contribution in [2.45, 2.75) is 30.7 Å². The molecule has 7 nitrogen and oxygen atoms in total. The highest BCUT2D eigenvalue weighted by molar-refractivity contribution is 5.15. The predicted octanol–water partition coefficient (Wildman–Crippen LogP) is -2.12. The third kappa shape index (κ3) is 3.23. The molecule has 0 aliphatic carbocycles. The van der Waals surface area contributed by atoms with Gasteiger partial charge in [0.1, 0.15) is 24.4 Å². The number of ether oxygens (including phenoxy) is 2. The summed E-state index contributed by atoms with van der Waals surface area (Å²) in [5.74, 6) is 0. The Hall–Kier alpha value is -1.01. The largest absolute Gasteiger partial charge is 0.394 e. The van der Waals surface area contributed by atoms with Crippen LogP contribution in [-0.4, -0.2) is 64.3 Å². The molecule has 1 rings (SSSR count). The molecule has 4 N–H and O–H groups in total. The molecule has 1 heterocycles. The number of rotatable bonds is 4. The fourth-order valence-corrected chi connectivity index (χ4v) is 1.42. The van der Waals surface area contributed by atoms with Gasteiger partial charge in [0.05, 0.1) is 19.3 Å². The summed E-state index contributed by atoms with van der Waals surface area (Å²) in [5.41, 5.74) is 0.127. The van der Waals surface area contributed by atoms with Gasteiger partial charge in [-0.1, -0.05) is 6.58 Å². The van der Waals surface area contributed by atoms with Crippen molar-refractivity contribution in [3.05, 3.63) is 12.2 Å². The van der Waals surface area contributed by atoms with Crippen LogP contribution in [0.2, 0.25) is 0 Å². The van der Waals surface area contributed by atoms with E-state index < -0.39 is 37.3 Å². The molecule has 1 aliphatic heterocycles. The molecule has 0 saturated carbocycles. The SMILES string of the molecule is C=C(C#N)CO[C@@H]1O[C@H](CO)[C@@H](O)[C@H](O)[C@H]1O. The summed E-state index contributed by atoms with van der Waals surface area (Å²) in [6.07, 6.45) is -6.61. The Morgan fingerprint density at radius 2 is 1.94 bits per heavy atom. The fourth-order valence-electron chi connectivity index (χ4n) is 1.42. The van der Waals surface area contributed by atoms with Crippen molar-refractivity contribution in [3.8, 4) is 6.07 Å². The smallest absolute Gasteiger partial charge is 0.187 e. The minimum atomic E-state index is -1.48. The summed E-state index contributed by atoms with van der Waals surface area (Å²) in [4.78, 5) is 0. The van der Waals surface area contributed by atoms with Crippen LogP contribution in [0.5, 0.6) is 0 Å². The van der Waals surface area contributed by atoms with Crippen LogP contribution in [0, 0.1) is 11.3 Å². The maximum absolute atomic E-state index is 9.55. The van der Waals surface area contributed by atoms with Crippen molar-refractivity contribution in [2.24, 2.45) is 0 Å². The van der Waals surface area contributed by atoms with Crippen molar-refractivity contribution >= 4 is 0 Å². The van der Waals surface area contributed by atoms with Gasteiger partial charge < -0.3 is 29.9 Å². The first-order valence-electron chi connectivity index (χ1n) is 5.01. The van der Waals surface area contributed by atoms with Gasteiger partial charge in [-0.05, 0) is 0 Å². The van der Waals surface area contributed by atoms with Crippen LogP contribution in [-0.2, 0) is 9.47 Å². The highest BCUT2D eigenvalue weighted by atomic mass is 16.7. The molecule has 0 spiro atoms. The molecule has 1 fully saturated rings. The Kier molecular flexibility index (Phi) is 5.02. The molecule has 0 aromatic rings. The molecular weight excluding hydrogens is 230 g/mol. The van der Waals surface area contributed by atoms with E-state index in [2.05, 4.69) is 6.58 Å². The van der Waals surface area contributed by atoms with Gasteiger partial charge in [0.25, 0.3) is 0 Å². The molecule has 1 aliphatic rings. The quantitative estimate of drug-likeness (QED) is 0.418. The van der Waals surface area contributed by atoms with Crippen molar-refractivity contribution in [1.29, 1.82) is 5.26 Å². The summed E-state index contributed by atoms with van der Waals surface area (Å²) < 4.78 is 10.1. The summed E-state index contributed by atoms with van der Waals surface area (Å²) in [5, 5.41) is 45.8. The Labute approximate surface area is 98.1 Å². The predicted molar refractivity (Wildman–Crippen MR) is 54.5 cm³/mol. The summed E-state index contributed by atoms with van der Waals surface area (Å²) >= 11 is 0. The monoisotopic (exact) mass is 245 g/mol. The second-order valence-corrected chi connectivity index (χ2v) is 3.72. The van der Waals surface area contributed by atoms with E-state index in [-0.39, 0.29) is 12.2 Å². The number of nitriles is 1. The lowest BCUT2D eigenvalue weighted by Crippen LogP contribution is -2.59. The maximum atomic E-state index is 9.55. The van der Waals surface area contributed by atoms with E-state index >= 15 is 0 Å². The lowest BCUT2D eigenvalue weighted by molar-refractivity contribution is -0.298. The molecular formula is C10H15NO6. The zero-order chi connectivity index (χ0) is 13.0. The van der Waals surface area contributed by atoms with Gasteiger partial charge in [-0.2, -0.15) is 5.26 Å². The van der Waals surface area contributed by atoms with Gasteiger partial charge in [0.2, 0.25) is 0 Å². The topological polar surface area (TPSA) is 123 Å². The van der Waals surface area contributed by atoms with Crippen LogP contribution >= 0.6 is 0 Å². The van der Waals surface area contributed by atoms with E-state index in [9.17, 15) is 15.3 Å². The second-order valence-electron chi connectivity index (χ2n) is 3.72. The van der Waals surface area contributed by atoms with Crippen LogP contribution in [0.3, 0.4) is 0 Å². The highest BCUT2D eigenvalue weighted by Crippen LogP contribution is 2.22. The third-order valence-corrected chi connectivity index (χ3v) is 2.43. The lowest BCUT2D eigenvalue weighted by Gasteiger charge is -2.39. The minimum Gasteiger partial charge on any atom is -0.394 e. The van der Waals surface area contributed by atoms with Crippen LogP contribution in [0.1, 0.15) is 0 Å². The van der Waals surface area contributed by atoms with Gasteiger partial charge >= 0.3 is 0 Å². The van der Waals surface area contributed by atoms with Crippen LogP contribution in [0.4, 0.5) is 0 Å². The standard InChI is InChI=1S/C10H15NO6/c1-5(2-11)4-16-10-9(15)8(14)7(13)6(3-12)17-10/h6-10,12-15H,1,3-4H2/t6-,7-,8+,9-,10-/m1/s1. The molecule has 5 atom stereocenters. The molecule has 0 amide bonds. The Bertz CT molecular complexity index is 312. The molecule has 0 unspecified atom stereocenters. The Morgan fingerprint density at radius 3 is 2.47 bits per heavy atom. The Balaban J connectivity index is 2.60. The van der Waals surface area contributed by atoms with Crippen LogP contribution in [0.25, 0.3) is 0 Å². The van der Waals surface area contributed by atoms with Gasteiger partial charge in [-0.15, -0.1) is 0 Å². The molecule has 1 saturated heterocycles. The van der Waals surface area contributed by atoms with E-state index in [4.69, 9.17) is 19.8 Å². The van der Waals surface area contributed by atoms with E-state index in [1.54, 1.807) is 6.07 Å². The molecule has 96 valence electrons. The van der Waals surface area contributed by atoms with Gasteiger partial charge in [-0.25, -0.2) is 0 Å². The average Bonchev–Trinajstić information content (AvgIpc) is 2.34. The first-order chi connectivity index (χ1) is 8.01. The highest BCUT2D eigenvalue weighted by Gasteiger charge is 2.43. The first kappa shape index (κ1) is 14.1. The molecule has 0 bridgehead atoms. The van der Waals surface area contributed by atoms with Crippen LogP contribution in [0.15, 0.2) is 12.2 Å². The normalized spacial score (nSPS) is 37.5. The lowest BCUT2D eigenvalue weighted by atomic mass is 9.99. The number of hydrogen-bond acceptors (Lipinski definition) is 7. The minimum absolute atomic E-state index is 0.127. The van der Waals surface area contributed by atoms with E-state index in [1.165, 1.54) is 0 Å². The van der Waals surface area contributed by atoms with Crippen molar-refractivity contribution in [2.75, 3.05) is 13.2 Å². The zero-order valence-electron chi connectivity index (χ0n) is 9.06. The molecule has 0 aromatic heterocycles. The van der Waals surface area contributed by atoms with Gasteiger partial charge in [0.15, 0.2) is 6.29 Å². The molecule has 17 heavy (non-hydrogen) atoms.